The van der Waals surface area contributed by atoms with E-state index in [1.807, 2.05) is 74.5 Å². The molecule has 0 unspecified atom stereocenters. The Morgan fingerprint density at radius 2 is 1.42 bits per heavy atom. The number of benzene rings is 4. The number of sulfonamides is 1. The van der Waals surface area contributed by atoms with Gasteiger partial charge < -0.3 is 15.0 Å². The molecule has 1 atom stereocenters. The lowest BCUT2D eigenvalue weighted by Gasteiger charge is -2.34. The van der Waals surface area contributed by atoms with Crippen LogP contribution in [0.2, 0.25) is 5.02 Å². The van der Waals surface area contributed by atoms with E-state index in [0.717, 1.165) is 15.4 Å². The molecule has 0 heterocycles. The average molecular weight is 648 g/mol. The van der Waals surface area contributed by atoms with Crippen LogP contribution in [0.3, 0.4) is 0 Å². The standard InChI is InChI=1S/C35H38ClN3O5S/c1-26(2)23-37-35(41)32(21-27-13-7-4-8-14-27)38(24-28-15-9-5-10-16-28)34(40)25-39(29-19-20-33(44-3)31(36)22-29)45(42,43)30-17-11-6-12-18-30/h4-20,22,26,32H,21,23-25H2,1-3H3,(H,37,41)/t32-/m1/s1. The molecule has 1 N–H and O–H groups in total. The average Bonchev–Trinajstić information content (AvgIpc) is 3.05. The molecule has 0 fully saturated rings. The fourth-order valence-electron chi connectivity index (χ4n) is 4.82. The monoisotopic (exact) mass is 647 g/mol. The van der Waals surface area contributed by atoms with Crippen molar-refractivity contribution in [3.05, 3.63) is 125 Å². The van der Waals surface area contributed by atoms with Crippen LogP contribution >= 0.6 is 11.6 Å². The van der Waals surface area contributed by atoms with Crippen LogP contribution in [0.1, 0.15) is 25.0 Å². The first-order chi connectivity index (χ1) is 21.6. The van der Waals surface area contributed by atoms with E-state index in [4.69, 9.17) is 16.3 Å². The Hall–Kier alpha value is -4.34. The second-order valence-corrected chi connectivity index (χ2v) is 13.3. The van der Waals surface area contributed by atoms with E-state index in [2.05, 4.69) is 5.32 Å². The summed E-state index contributed by atoms with van der Waals surface area (Å²) in [7, 11) is -2.77. The molecule has 0 aliphatic heterocycles. The summed E-state index contributed by atoms with van der Waals surface area (Å²) < 4.78 is 34.5. The van der Waals surface area contributed by atoms with Crippen molar-refractivity contribution in [2.45, 2.75) is 37.8 Å². The van der Waals surface area contributed by atoms with Crippen molar-refractivity contribution in [1.82, 2.24) is 10.2 Å². The molecule has 236 valence electrons. The molecule has 0 saturated carbocycles. The Labute approximate surface area is 270 Å². The topological polar surface area (TPSA) is 96.0 Å². The Morgan fingerprint density at radius 3 is 1.98 bits per heavy atom. The highest BCUT2D eigenvalue weighted by Crippen LogP contribution is 2.32. The second kappa shape index (κ2) is 15.6. The maximum atomic E-state index is 14.5. The second-order valence-electron chi connectivity index (χ2n) is 11.0. The number of carbonyl (C=O) groups excluding carboxylic acids is 2. The van der Waals surface area contributed by atoms with Gasteiger partial charge in [-0.1, -0.05) is 104 Å². The van der Waals surface area contributed by atoms with Crippen molar-refractivity contribution < 1.29 is 22.7 Å². The molecule has 2 amide bonds. The van der Waals surface area contributed by atoms with Gasteiger partial charge in [0.1, 0.15) is 18.3 Å². The van der Waals surface area contributed by atoms with E-state index in [0.29, 0.717) is 12.3 Å². The maximum absolute atomic E-state index is 14.5. The fourth-order valence-corrected chi connectivity index (χ4v) is 6.49. The lowest BCUT2D eigenvalue weighted by molar-refractivity contribution is -0.140. The molecule has 0 bridgehead atoms. The Morgan fingerprint density at radius 1 is 0.844 bits per heavy atom. The molecule has 4 aromatic rings. The van der Waals surface area contributed by atoms with Gasteiger partial charge in [-0.05, 0) is 47.4 Å². The lowest BCUT2D eigenvalue weighted by Crippen LogP contribution is -2.53. The minimum Gasteiger partial charge on any atom is -0.495 e. The number of hydrogen-bond donors (Lipinski definition) is 1. The van der Waals surface area contributed by atoms with Crippen molar-refractivity contribution in [3.8, 4) is 5.75 Å². The number of carbonyl (C=O) groups is 2. The smallest absolute Gasteiger partial charge is 0.264 e. The minimum atomic E-state index is -4.23. The first-order valence-electron chi connectivity index (χ1n) is 14.7. The van der Waals surface area contributed by atoms with Gasteiger partial charge in [-0.2, -0.15) is 0 Å². The summed E-state index contributed by atoms with van der Waals surface area (Å²) in [6.07, 6.45) is 0.239. The van der Waals surface area contributed by atoms with Crippen LogP contribution in [-0.4, -0.2) is 51.4 Å². The summed E-state index contributed by atoms with van der Waals surface area (Å²) >= 11 is 6.42. The van der Waals surface area contributed by atoms with E-state index >= 15 is 0 Å². The van der Waals surface area contributed by atoms with E-state index in [9.17, 15) is 18.0 Å². The van der Waals surface area contributed by atoms with Gasteiger partial charge in [0.15, 0.2) is 0 Å². The number of ether oxygens (including phenoxy) is 1. The molecule has 0 aromatic heterocycles. The first-order valence-corrected chi connectivity index (χ1v) is 16.5. The largest absolute Gasteiger partial charge is 0.495 e. The summed E-state index contributed by atoms with van der Waals surface area (Å²) in [5.74, 6) is -0.317. The number of halogens is 1. The van der Waals surface area contributed by atoms with Gasteiger partial charge in [-0.3, -0.25) is 13.9 Å². The van der Waals surface area contributed by atoms with E-state index in [1.165, 1.54) is 36.3 Å². The van der Waals surface area contributed by atoms with Gasteiger partial charge >= 0.3 is 0 Å². The third-order valence-electron chi connectivity index (χ3n) is 7.18. The number of anilines is 1. The summed E-state index contributed by atoms with van der Waals surface area (Å²) in [5.41, 5.74) is 1.84. The van der Waals surface area contributed by atoms with Gasteiger partial charge in [0.05, 0.1) is 22.7 Å². The molecular formula is C35H38ClN3O5S. The van der Waals surface area contributed by atoms with E-state index < -0.39 is 28.5 Å². The summed E-state index contributed by atoms with van der Waals surface area (Å²) in [6.45, 7) is 3.93. The number of nitrogens with one attached hydrogen (secondary N) is 1. The maximum Gasteiger partial charge on any atom is 0.264 e. The highest BCUT2D eigenvalue weighted by Gasteiger charge is 2.34. The van der Waals surface area contributed by atoms with Crippen molar-refractivity contribution in [3.63, 3.8) is 0 Å². The Bertz CT molecular complexity index is 1670. The quantitative estimate of drug-likeness (QED) is 0.182. The summed E-state index contributed by atoms with van der Waals surface area (Å²) in [6, 6.07) is 30.3. The number of hydrogen-bond acceptors (Lipinski definition) is 5. The fraction of sp³-hybridized carbons (Fsp3) is 0.257. The highest BCUT2D eigenvalue weighted by molar-refractivity contribution is 7.92. The van der Waals surface area contributed by atoms with Gasteiger partial charge in [-0.25, -0.2) is 8.42 Å². The van der Waals surface area contributed by atoms with Crippen LogP contribution in [0.4, 0.5) is 5.69 Å². The molecular weight excluding hydrogens is 610 g/mol. The van der Waals surface area contributed by atoms with E-state index in [-0.39, 0.29) is 40.4 Å². The third kappa shape index (κ3) is 8.86. The summed E-state index contributed by atoms with van der Waals surface area (Å²) in [4.78, 5) is 29.8. The van der Waals surface area contributed by atoms with E-state index in [1.54, 1.807) is 24.3 Å². The number of nitrogens with zero attached hydrogens (tertiary/aromatic N) is 2. The molecule has 10 heteroatoms. The number of rotatable bonds is 14. The zero-order chi connectivity index (χ0) is 32.4. The molecule has 0 aliphatic carbocycles. The molecule has 4 aromatic carbocycles. The zero-order valence-electron chi connectivity index (χ0n) is 25.6. The normalized spacial score (nSPS) is 11.9. The molecule has 0 aliphatic rings. The van der Waals surface area contributed by atoms with Crippen LogP contribution in [0.25, 0.3) is 0 Å². The van der Waals surface area contributed by atoms with Crippen LogP contribution in [0, 0.1) is 5.92 Å². The molecule has 8 nitrogen and oxygen atoms in total. The predicted molar refractivity (Wildman–Crippen MR) is 178 cm³/mol. The van der Waals surface area contributed by atoms with Crippen molar-refractivity contribution in [1.29, 1.82) is 0 Å². The van der Waals surface area contributed by atoms with Gasteiger partial charge in [0, 0.05) is 19.5 Å². The predicted octanol–water partition coefficient (Wildman–Crippen LogP) is 5.96. The van der Waals surface area contributed by atoms with Crippen LogP contribution in [-0.2, 0) is 32.6 Å². The highest BCUT2D eigenvalue weighted by atomic mass is 35.5. The van der Waals surface area contributed by atoms with Gasteiger partial charge in [0.2, 0.25) is 11.8 Å². The summed E-state index contributed by atoms with van der Waals surface area (Å²) in [5, 5.41) is 3.18. The molecule has 0 spiro atoms. The van der Waals surface area contributed by atoms with Gasteiger partial charge in [-0.15, -0.1) is 0 Å². The van der Waals surface area contributed by atoms with Crippen LogP contribution in [0.15, 0.2) is 114 Å². The Balaban J connectivity index is 1.80. The number of methoxy groups -OCH3 is 1. The van der Waals surface area contributed by atoms with Crippen LogP contribution in [0.5, 0.6) is 5.75 Å². The Kier molecular flexibility index (Phi) is 11.6. The first kappa shape index (κ1) is 33.6. The van der Waals surface area contributed by atoms with Crippen molar-refractivity contribution in [2.24, 2.45) is 5.92 Å². The minimum absolute atomic E-state index is 0.00913. The molecule has 4 rings (SSSR count). The zero-order valence-corrected chi connectivity index (χ0v) is 27.2. The lowest BCUT2D eigenvalue weighted by atomic mass is 10.0. The molecule has 45 heavy (non-hydrogen) atoms. The SMILES string of the molecule is COc1ccc(N(CC(=O)N(Cc2ccccc2)[C@H](Cc2ccccc2)C(=O)NCC(C)C)S(=O)(=O)c2ccccc2)cc1Cl. The van der Waals surface area contributed by atoms with Gasteiger partial charge in [0.25, 0.3) is 10.0 Å². The van der Waals surface area contributed by atoms with Crippen molar-refractivity contribution >= 4 is 39.1 Å². The van der Waals surface area contributed by atoms with Crippen LogP contribution < -0.4 is 14.4 Å². The molecule has 0 radical (unpaired) electrons. The number of amides is 2. The third-order valence-corrected chi connectivity index (χ3v) is 9.27. The van der Waals surface area contributed by atoms with Crippen molar-refractivity contribution in [2.75, 3.05) is 24.5 Å². The molecule has 0 saturated heterocycles.